The maximum absolute atomic E-state index is 11.5. The maximum atomic E-state index is 11.5. The van der Waals surface area contributed by atoms with Crippen LogP contribution in [0, 0.1) is 0 Å². The van der Waals surface area contributed by atoms with Gasteiger partial charge in [-0.25, -0.2) is 0 Å². The Kier molecular flexibility index (Phi) is 5.52. The van der Waals surface area contributed by atoms with Crippen molar-refractivity contribution in [2.75, 3.05) is 6.61 Å². The van der Waals surface area contributed by atoms with Gasteiger partial charge in [0.1, 0.15) is 4.49 Å². The molecule has 0 amide bonds. The fraction of sp³-hybridized carbons (Fsp3) is 0.308. The lowest BCUT2D eigenvalue weighted by Crippen LogP contribution is -2.12. The number of benzene rings is 1. The van der Waals surface area contributed by atoms with Crippen molar-refractivity contribution in [3.05, 3.63) is 39.9 Å². The fourth-order valence-corrected chi connectivity index (χ4v) is 1.66. The Balaban J connectivity index is 2.80. The average molecular weight is 273 g/mol. The van der Waals surface area contributed by atoms with Gasteiger partial charge in [0.25, 0.3) is 0 Å². The molecule has 0 heterocycles. The van der Waals surface area contributed by atoms with Crippen LogP contribution in [-0.4, -0.2) is 12.6 Å². The van der Waals surface area contributed by atoms with Crippen LogP contribution in [0.5, 0.6) is 0 Å². The number of halogens is 2. The Morgan fingerprint density at radius 3 is 2.41 bits per heavy atom. The van der Waals surface area contributed by atoms with Crippen molar-refractivity contribution in [2.45, 2.75) is 19.8 Å². The Hall–Kier alpha value is -0.990. The first-order valence-corrected chi connectivity index (χ1v) is 6.09. The molecule has 4 heteroatoms. The molecule has 0 aromatic heterocycles. The van der Waals surface area contributed by atoms with Crippen molar-refractivity contribution in [1.29, 1.82) is 0 Å². The summed E-state index contributed by atoms with van der Waals surface area (Å²) in [5.41, 5.74) is 1.80. The van der Waals surface area contributed by atoms with Gasteiger partial charge in [-0.1, -0.05) is 47.5 Å². The van der Waals surface area contributed by atoms with Gasteiger partial charge in [0.05, 0.1) is 12.5 Å². The lowest BCUT2D eigenvalue weighted by atomic mass is 10.00. The molecule has 17 heavy (non-hydrogen) atoms. The normalized spacial score (nSPS) is 11.8. The van der Waals surface area contributed by atoms with E-state index in [1.165, 1.54) is 0 Å². The van der Waals surface area contributed by atoms with Crippen LogP contribution in [0.1, 0.15) is 30.9 Å². The molecule has 1 rings (SSSR count). The minimum absolute atomic E-state index is 0.205. The molecule has 0 aliphatic heterocycles. The first-order valence-electron chi connectivity index (χ1n) is 5.34. The number of carbonyl (C=O) groups is 1. The Morgan fingerprint density at radius 2 is 1.94 bits per heavy atom. The quantitative estimate of drug-likeness (QED) is 0.771. The molecule has 0 N–H and O–H groups in total. The van der Waals surface area contributed by atoms with Crippen molar-refractivity contribution in [2.24, 2.45) is 0 Å². The second-order valence-corrected chi connectivity index (χ2v) is 4.58. The molecule has 0 saturated carbocycles. The molecule has 0 aliphatic carbocycles. The van der Waals surface area contributed by atoms with Crippen LogP contribution in [0.2, 0.25) is 0 Å². The van der Waals surface area contributed by atoms with Gasteiger partial charge in [-0.3, -0.25) is 4.79 Å². The van der Waals surface area contributed by atoms with E-state index < -0.39 is 0 Å². The van der Waals surface area contributed by atoms with Crippen molar-refractivity contribution < 1.29 is 9.53 Å². The van der Waals surface area contributed by atoms with Crippen LogP contribution in [0.25, 0.3) is 6.08 Å². The summed E-state index contributed by atoms with van der Waals surface area (Å²) in [7, 11) is 0. The Labute approximate surface area is 111 Å². The highest BCUT2D eigenvalue weighted by Gasteiger charge is 2.15. The number of carbonyl (C=O) groups excluding carboxylic acids is 1. The van der Waals surface area contributed by atoms with E-state index >= 15 is 0 Å². The van der Waals surface area contributed by atoms with E-state index in [-0.39, 0.29) is 16.4 Å². The molecule has 2 nitrogen and oxygen atoms in total. The maximum Gasteiger partial charge on any atom is 0.313 e. The van der Waals surface area contributed by atoms with E-state index in [0.717, 1.165) is 11.1 Å². The third-order valence-corrected chi connectivity index (χ3v) is 2.57. The first kappa shape index (κ1) is 14.1. The van der Waals surface area contributed by atoms with E-state index in [0.29, 0.717) is 6.61 Å². The molecule has 0 spiro atoms. The molecule has 0 bridgehead atoms. The summed E-state index contributed by atoms with van der Waals surface area (Å²) >= 11 is 11.1. The fourth-order valence-electron chi connectivity index (χ4n) is 1.41. The molecule has 1 aromatic carbocycles. The van der Waals surface area contributed by atoms with Gasteiger partial charge in [0.15, 0.2) is 0 Å². The Bertz CT molecular complexity index is 406. The van der Waals surface area contributed by atoms with E-state index in [1.807, 2.05) is 31.2 Å². The number of ether oxygens (including phenoxy) is 1. The molecule has 0 saturated heterocycles. The number of rotatable bonds is 4. The average Bonchev–Trinajstić information content (AvgIpc) is 2.28. The van der Waals surface area contributed by atoms with E-state index in [2.05, 4.69) is 0 Å². The summed E-state index contributed by atoms with van der Waals surface area (Å²) in [6.45, 7) is 4.00. The van der Waals surface area contributed by atoms with Gasteiger partial charge >= 0.3 is 5.97 Å². The largest absolute Gasteiger partial charge is 0.466 e. The van der Waals surface area contributed by atoms with E-state index in [9.17, 15) is 4.79 Å². The second-order valence-electron chi connectivity index (χ2n) is 3.57. The minimum Gasteiger partial charge on any atom is -0.466 e. The Morgan fingerprint density at radius 1 is 1.35 bits per heavy atom. The molecule has 0 radical (unpaired) electrons. The van der Waals surface area contributed by atoms with Crippen molar-refractivity contribution >= 4 is 35.2 Å². The zero-order valence-electron chi connectivity index (χ0n) is 9.74. The smallest absolute Gasteiger partial charge is 0.313 e. The number of hydrogen-bond donors (Lipinski definition) is 0. The van der Waals surface area contributed by atoms with Gasteiger partial charge in [-0.2, -0.15) is 0 Å². The number of hydrogen-bond acceptors (Lipinski definition) is 2. The molecule has 1 unspecified atom stereocenters. The highest BCUT2D eigenvalue weighted by molar-refractivity contribution is 6.57. The van der Waals surface area contributed by atoms with Crippen LogP contribution in [-0.2, 0) is 9.53 Å². The molecule has 1 aromatic rings. The van der Waals surface area contributed by atoms with Gasteiger partial charge in [-0.05, 0) is 31.1 Å². The highest BCUT2D eigenvalue weighted by atomic mass is 35.5. The van der Waals surface area contributed by atoms with Crippen LogP contribution < -0.4 is 0 Å². The van der Waals surface area contributed by atoms with Crippen LogP contribution >= 0.6 is 23.2 Å². The first-order chi connectivity index (χ1) is 8.04. The predicted octanol–water partition coefficient (Wildman–Crippen LogP) is 4.13. The summed E-state index contributed by atoms with van der Waals surface area (Å²) in [6, 6.07) is 7.44. The van der Waals surface area contributed by atoms with Crippen LogP contribution in [0.3, 0.4) is 0 Å². The van der Waals surface area contributed by atoms with Gasteiger partial charge in [-0.15, -0.1) is 0 Å². The third kappa shape index (κ3) is 4.41. The summed E-state index contributed by atoms with van der Waals surface area (Å²) in [4.78, 5) is 11.5. The zero-order chi connectivity index (χ0) is 12.8. The number of esters is 1. The highest BCUT2D eigenvalue weighted by Crippen LogP contribution is 2.19. The van der Waals surface area contributed by atoms with E-state index in [4.69, 9.17) is 27.9 Å². The predicted molar refractivity (Wildman–Crippen MR) is 71.2 cm³/mol. The van der Waals surface area contributed by atoms with Crippen LogP contribution in [0.4, 0.5) is 0 Å². The molecule has 0 fully saturated rings. The standard InChI is InChI=1S/C13H14Cl2O2/c1-3-17-13(16)9(2)11-6-4-10(5-7-11)8-12(14)15/h4-9H,3H2,1-2H3. The van der Waals surface area contributed by atoms with Crippen molar-refractivity contribution in [3.8, 4) is 0 Å². The lowest BCUT2D eigenvalue weighted by Gasteiger charge is -2.10. The molecule has 1 atom stereocenters. The van der Waals surface area contributed by atoms with Crippen molar-refractivity contribution in [1.82, 2.24) is 0 Å². The summed E-state index contributed by atoms with van der Waals surface area (Å²) in [5.74, 6) is -0.481. The monoisotopic (exact) mass is 272 g/mol. The molecule has 92 valence electrons. The topological polar surface area (TPSA) is 26.3 Å². The van der Waals surface area contributed by atoms with Gasteiger partial charge in [0, 0.05) is 0 Å². The second kappa shape index (κ2) is 6.67. The van der Waals surface area contributed by atoms with Crippen molar-refractivity contribution in [3.63, 3.8) is 0 Å². The molecule has 0 aliphatic rings. The van der Waals surface area contributed by atoms with Gasteiger partial charge in [0.2, 0.25) is 0 Å². The van der Waals surface area contributed by atoms with E-state index in [1.54, 1.807) is 13.0 Å². The summed E-state index contributed by atoms with van der Waals surface area (Å²) in [5, 5.41) is 0. The SMILES string of the molecule is CCOC(=O)C(C)c1ccc(C=C(Cl)Cl)cc1. The summed E-state index contributed by atoms with van der Waals surface area (Å²) < 4.78 is 5.16. The zero-order valence-corrected chi connectivity index (χ0v) is 11.3. The molecular weight excluding hydrogens is 259 g/mol. The molecular formula is C13H14Cl2O2. The minimum atomic E-state index is -0.264. The lowest BCUT2D eigenvalue weighted by molar-refractivity contribution is -0.144. The van der Waals surface area contributed by atoms with Crippen LogP contribution in [0.15, 0.2) is 28.8 Å². The van der Waals surface area contributed by atoms with Gasteiger partial charge < -0.3 is 4.74 Å². The summed E-state index contributed by atoms with van der Waals surface area (Å²) in [6.07, 6.45) is 1.64. The third-order valence-electron chi connectivity index (χ3n) is 2.35.